The molecule has 1 aromatic carbocycles. The molecule has 1 aliphatic heterocycles. The summed E-state index contributed by atoms with van der Waals surface area (Å²) in [6, 6.07) is 9.68. The smallest absolute Gasteiger partial charge is 0.0366 e. The largest absolute Gasteiger partial charge is 0.371 e. The van der Waals surface area contributed by atoms with Gasteiger partial charge in [-0.25, -0.2) is 0 Å². The molecule has 2 rings (SSSR count). The second-order valence-corrected chi connectivity index (χ2v) is 6.34. The second kappa shape index (κ2) is 9.86. The summed E-state index contributed by atoms with van der Waals surface area (Å²) < 4.78 is 0. The molecule has 1 aromatic rings. The van der Waals surface area contributed by atoms with E-state index in [9.17, 15) is 0 Å². The summed E-state index contributed by atoms with van der Waals surface area (Å²) in [5.74, 6) is 0. The molecule has 0 spiro atoms. The van der Waals surface area contributed by atoms with Crippen molar-refractivity contribution in [3.63, 3.8) is 0 Å². The fourth-order valence-electron chi connectivity index (χ4n) is 2.86. The molecule has 0 N–H and O–H groups in total. The van der Waals surface area contributed by atoms with Crippen molar-refractivity contribution < 1.29 is 0 Å². The van der Waals surface area contributed by atoms with Crippen LogP contribution in [0.3, 0.4) is 0 Å². The first kappa shape index (κ1) is 19.0. The van der Waals surface area contributed by atoms with Gasteiger partial charge in [0.05, 0.1) is 0 Å². The number of aryl methyl sites for hydroxylation is 1. The van der Waals surface area contributed by atoms with Crippen LogP contribution in [0.1, 0.15) is 32.3 Å². The Morgan fingerprint density at radius 2 is 1.50 bits per heavy atom. The van der Waals surface area contributed by atoms with Crippen LogP contribution in [0.15, 0.2) is 24.3 Å². The molecule has 0 atom stereocenters. The molecule has 1 heterocycles. The lowest BCUT2D eigenvalue weighted by Crippen LogP contribution is -2.45. The molecule has 1 fully saturated rings. The number of hydrogen-bond acceptors (Lipinski definition) is 3. The van der Waals surface area contributed by atoms with Crippen molar-refractivity contribution in [2.45, 2.75) is 39.7 Å². The first-order valence-electron chi connectivity index (χ1n) is 8.73. The summed E-state index contributed by atoms with van der Waals surface area (Å²) >= 11 is 0. The van der Waals surface area contributed by atoms with Gasteiger partial charge in [-0.2, -0.15) is 0 Å². The van der Waals surface area contributed by atoms with Crippen LogP contribution in [0.4, 0.5) is 5.69 Å². The van der Waals surface area contributed by atoms with Gasteiger partial charge in [0.15, 0.2) is 0 Å². The summed E-state index contributed by atoms with van der Waals surface area (Å²) in [7, 11) is 6.57. The van der Waals surface area contributed by atoms with Crippen LogP contribution in [0.2, 0.25) is 0 Å². The van der Waals surface area contributed by atoms with Crippen molar-refractivity contribution in [2.24, 2.45) is 0 Å². The van der Waals surface area contributed by atoms with Gasteiger partial charge in [0, 0.05) is 37.9 Å². The lowest BCUT2D eigenvalue weighted by molar-refractivity contribution is 0.190. The first-order valence-corrected chi connectivity index (χ1v) is 8.73. The molecule has 126 valence electrons. The molecule has 1 aliphatic rings. The number of likely N-dealkylation sites (N-methyl/N-ethyl adjacent to an activating group) is 2. The van der Waals surface area contributed by atoms with Gasteiger partial charge in [0.25, 0.3) is 0 Å². The monoisotopic (exact) mass is 305 g/mol. The van der Waals surface area contributed by atoms with E-state index in [1.165, 1.54) is 43.7 Å². The molecule has 22 heavy (non-hydrogen) atoms. The molecule has 0 aromatic heterocycles. The topological polar surface area (TPSA) is 9.72 Å². The van der Waals surface area contributed by atoms with Gasteiger partial charge in [-0.3, -0.25) is 0 Å². The summed E-state index contributed by atoms with van der Waals surface area (Å²) in [6.45, 7) is 10.8. The van der Waals surface area contributed by atoms with Crippen molar-refractivity contribution in [3.8, 4) is 0 Å². The van der Waals surface area contributed by atoms with Crippen molar-refractivity contribution in [1.82, 2.24) is 9.80 Å². The average molecular weight is 306 g/mol. The fraction of sp³-hybridized carbons (Fsp3) is 0.684. The summed E-state index contributed by atoms with van der Waals surface area (Å²) in [5, 5.41) is 0. The van der Waals surface area contributed by atoms with Gasteiger partial charge in [-0.15, -0.1) is 0 Å². The summed E-state index contributed by atoms with van der Waals surface area (Å²) in [6.07, 6.45) is 2.55. The first-order chi connectivity index (χ1) is 10.6. The van der Waals surface area contributed by atoms with Crippen molar-refractivity contribution in [3.05, 3.63) is 29.8 Å². The van der Waals surface area contributed by atoms with E-state index in [2.05, 4.69) is 67.0 Å². The Morgan fingerprint density at radius 1 is 0.955 bits per heavy atom. The molecule has 0 aliphatic carbocycles. The van der Waals surface area contributed by atoms with E-state index >= 15 is 0 Å². The molecule has 0 radical (unpaired) electrons. The lowest BCUT2D eigenvalue weighted by Gasteiger charge is -2.38. The number of hydrogen-bond donors (Lipinski definition) is 0. The highest BCUT2D eigenvalue weighted by Gasteiger charge is 2.22. The molecular weight excluding hydrogens is 270 g/mol. The van der Waals surface area contributed by atoms with Crippen molar-refractivity contribution >= 4 is 5.69 Å². The van der Waals surface area contributed by atoms with Crippen LogP contribution >= 0.6 is 0 Å². The van der Waals surface area contributed by atoms with E-state index in [1.54, 1.807) is 0 Å². The Labute approximate surface area is 137 Å². The average Bonchev–Trinajstić information content (AvgIpc) is 2.55. The van der Waals surface area contributed by atoms with E-state index in [1.807, 2.05) is 13.8 Å². The zero-order valence-corrected chi connectivity index (χ0v) is 15.5. The third kappa shape index (κ3) is 5.98. The van der Waals surface area contributed by atoms with Gasteiger partial charge < -0.3 is 14.7 Å². The fourth-order valence-corrected chi connectivity index (χ4v) is 2.86. The molecule has 0 unspecified atom stereocenters. The Balaban J connectivity index is 0.00000116. The highest BCUT2D eigenvalue weighted by atomic mass is 15.2. The highest BCUT2D eigenvalue weighted by Crippen LogP contribution is 2.22. The maximum atomic E-state index is 2.53. The third-order valence-corrected chi connectivity index (χ3v) is 4.39. The van der Waals surface area contributed by atoms with E-state index < -0.39 is 0 Å². The quantitative estimate of drug-likeness (QED) is 0.824. The zero-order valence-electron chi connectivity index (χ0n) is 15.5. The zero-order chi connectivity index (χ0) is 16.5. The van der Waals surface area contributed by atoms with Crippen molar-refractivity contribution in [1.29, 1.82) is 0 Å². The van der Waals surface area contributed by atoms with Crippen LogP contribution in [0.5, 0.6) is 0 Å². The number of piperidine rings is 1. The number of rotatable bonds is 5. The third-order valence-electron chi connectivity index (χ3n) is 4.39. The number of nitrogens with zero attached hydrogens (tertiary/aromatic N) is 3. The Bertz CT molecular complexity index is 392. The maximum Gasteiger partial charge on any atom is 0.0366 e. The molecule has 3 nitrogen and oxygen atoms in total. The molecule has 0 amide bonds. The van der Waals surface area contributed by atoms with Crippen LogP contribution in [-0.2, 0) is 0 Å². The van der Waals surface area contributed by atoms with E-state index in [0.717, 1.165) is 12.6 Å². The van der Waals surface area contributed by atoms with Gasteiger partial charge >= 0.3 is 0 Å². The molecule has 1 saturated heterocycles. The summed E-state index contributed by atoms with van der Waals surface area (Å²) in [4.78, 5) is 7.32. The SMILES string of the molecule is CC.Cc1ccc(N2CCC(N(C)CCN(C)C)CC2)cc1. The van der Waals surface area contributed by atoms with Crippen LogP contribution in [0, 0.1) is 6.92 Å². The molecular formula is C19H35N3. The predicted molar refractivity (Wildman–Crippen MR) is 98.9 cm³/mol. The minimum atomic E-state index is 0.747. The normalized spacial score (nSPS) is 15.9. The highest BCUT2D eigenvalue weighted by molar-refractivity contribution is 5.47. The van der Waals surface area contributed by atoms with Gasteiger partial charge in [0.2, 0.25) is 0 Å². The van der Waals surface area contributed by atoms with E-state index in [0.29, 0.717) is 0 Å². The molecule has 0 bridgehead atoms. The van der Waals surface area contributed by atoms with Crippen LogP contribution in [0.25, 0.3) is 0 Å². The Kier molecular flexibility index (Phi) is 8.51. The van der Waals surface area contributed by atoms with Gasteiger partial charge in [0.1, 0.15) is 0 Å². The summed E-state index contributed by atoms with van der Waals surface area (Å²) in [5.41, 5.74) is 2.72. The second-order valence-electron chi connectivity index (χ2n) is 6.34. The minimum absolute atomic E-state index is 0.747. The molecule has 3 heteroatoms. The van der Waals surface area contributed by atoms with Gasteiger partial charge in [-0.1, -0.05) is 31.5 Å². The Morgan fingerprint density at radius 3 is 2.00 bits per heavy atom. The predicted octanol–water partition coefficient (Wildman–Crippen LogP) is 3.48. The Hall–Kier alpha value is -1.06. The number of benzene rings is 1. The minimum Gasteiger partial charge on any atom is -0.371 e. The van der Waals surface area contributed by atoms with Crippen molar-refractivity contribution in [2.75, 3.05) is 52.2 Å². The number of anilines is 1. The van der Waals surface area contributed by atoms with E-state index in [4.69, 9.17) is 0 Å². The van der Waals surface area contributed by atoms with Crippen LogP contribution in [-0.4, -0.2) is 63.2 Å². The maximum absolute atomic E-state index is 2.53. The van der Waals surface area contributed by atoms with E-state index in [-0.39, 0.29) is 0 Å². The lowest BCUT2D eigenvalue weighted by atomic mass is 10.0. The molecule has 0 saturated carbocycles. The standard InChI is InChI=1S/C17H29N3.C2H6/c1-15-5-7-17(8-6-15)20-11-9-16(10-12-20)19(4)14-13-18(2)3;1-2/h5-8,16H,9-14H2,1-4H3;1-2H3. The van der Waals surface area contributed by atoms with Gasteiger partial charge in [-0.05, 0) is 53.0 Å². The van der Waals surface area contributed by atoms with Crippen LogP contribution < -0.4 is 4.90 Å².